The third-order valence-electron chi connectivity index (χ3n) is 1.95. The van der Waals surface area contributed by atoms with Crippen LogP contribution in [0, 0.1) is 0 Å². The fourth-order valence-electron chi connectivity index (χ4n) is 1.28. The average Bonchev–Trinajstić information content (AvgIpc) is 2.76. The summed E-state index contributed by atoms with van der Waals surface area (Å²) in [5.41, 5.74) is 9.67. The van der Waals surface area contributed by atoms with E-state index in [-0.39, 0.29) is 0 Å². The van der Waals surface area contributed by atoms with Gasteiger partial charge >= 0.3 is 0 Å². The molecule has 2 heterocycles. The van der Waals surface area contributed by atoms with Gasteiger partial charge in [-0.05, 0) is 12.1 Å². The van der Waals surface area contributed by atoms with Crippen molar-refractivity contribution in [2.24, 2.45) is 5.73 Å². The summed E-state index contributed by atoms with van der Waals surface area (Å²) in [4.78, 5) is 4.22. The SMILES string of the molecule is NCc1cccn1Cc1cscn1. The van der Waals surface area contributed by atoms with Crippen molar-refractivity contribution in [1.29, 1.82) is 0 Å². The van der Waals surface area contributed by atoms with Gasteiger partial charge < -0.3 is 10.3 Å². The summed E-state index contributed by atoms with van der Waals surface area (Å²) in [5.74, 6) is 0. The number of nitrogens with zero attached hydrogens (tertiary/aromatic N) is 2. The van der Waals surface area contributed by atoms with Crippen molar-refractivity contribution < 1.29 is 0 Å². The Morgan fingerprint density at radius 1 is 1.54 bits per heavy atom. The lowest BCUT2D eigenvalue weighted by Crippen LogP contribution is -2.07. The highest BCUT2D eigenvalue weighted by Gasteiger charge is 2.00. The number of rotatable bonds is 3. The van der Waals surface area contributed by atoms with E-state index in [0.717, 1.165) is 17.9 Å². The van der Waals surface area contributed by atoms with E-state index in [2.05, 4.69) is 14.9 Å². The first-order chi connectivity index (χ1) is 6.40. The van der Waals surface area contributed by atoms with Gasteiger partial charge in [-0.25, -0.2) is 4.98 Å². The molecule has 0 fully saturated rings. The number of hydrogen-bond donors (Lipinski definition) is 1. The van der Waals surface area contributed by atoms with Crippen LogP contribution in [0.1, 0.15) is 11.4 Å². The molecular formula is C9H11N3S. The van der Waals surface area contributed by atoms with Crippen LogP contribution in [0.2, 0.25) is 0 Å². The third-order valence-corrected chi connectivity index (χ3v) is 2.58. The van der Waals surface area contributed by atoms with Gasteiger partial charge in [0.1, 0.15) is 0 Å². The normalized spacial score (nSPS) is 10.5. The van der Waals surface area contributed by atoms with E-state index in [4.69, 9.17) is 5.73 Å². The van der Waals surface area contributed by atoms with Crippen LogP contribution in [0.3, 0.4) is 0 Å². The van der Waals surface area contributed by atoms with Crippen molar-refractivity contribution >= 4 is 11.3 Å². The Morgan fingerprint density at radius 2 is 2.46 bits per heavy atom. The second kappa shape index (κ2) is 3.72. The smallest absolute Gasteiger partial charge is 0.0795 e. The molecule has 0 spiro atoms. The predicted octanol–water partition coefficient (Wildman–Crippen LogP) is 1.45. The summed E-state index contributed by atoms with van der Waals surface area (Å²) in [6.45, 7) is 1.40. The molecule has 0 aromatic carbocycles. The summed E-state index contributed by atoms with van der Waals surface area (Å²) in [6.07, 6.45) is 2.03. The Balaban J connectivity index is 2.18. The molecule has 13 heavy (non-hydrogen) atoms. The van der Waals surface area contributed by atoms with Crippen LogP contribution in [0.15, 0.2) is 29.2 Å². The molecule has 0 aliphatic heterocycles. The Kier molecular flexibility index (Phi) is 2.42. The van der Waals surface area contributed by atoms with Gasteiger partial charge in [0.25, 0.3) is 0 Å². The van der Waals surface area contributed by atoms with Crippen molar-refractivity contribution in [1.82, 2.24) is 9.55 Å². The van der Waals surface area contributed by atoms with Gasteiger partial charge in [0.05, 0.1) is 17.7 Å². The highest BCUT2D eigenvalue weighted by molar-refractivity contribution is 7.07. The molecule has 2 rings (SSSR count). The van der Waals surface area contributed by atoms with Crippen LogP contribution in [0.4, 0.5) is 0 Å². The average molecular weight is 193 g/mol. The number of hydrogen-bond acceptors (Lipinski definition) is 3. The maximum atomic E-state index is 5.59. The van der Waals surface area contributed by atoms with Gasteiger partial charge in [0.2, 0.25) is 0 Å². The topological polar surface area (TPSA) is 43.8 Å². The lowest BCUT2D eigenvalue weighted by atomic mass is 10.4. The van der Waals surface area contributed by atoms with E-state index >= 15 is 0 Å². The molecule has 0 bridgehead atoms. The lowest BCUT2D eigenvalue weighted by molar-refractivity contribution is 0.731. The van der Waals surface area contributed by atoms with Crippen molar-refractivity contribution in [3.63, 3.8) is 0 Å². The molecule has 2 N–H and O–H groups in total. The van der Waals surface area contributed by atoms with Gasteiger partial charge in [-0.3, -0.25) is 0 Å². The Hall–Kier alpha value is -1.13. The fraction of sp³-hybridized carbons (Fsp3) is 0.222. The zero-order valence-corrected chi connectivity index (χ0v) is 8.00. The molecule has 0 atom stereocenters. The van der Waals surface area contributed by atoms with Gasteiger partial charge in [0, 0.05) is 23.8 Å². The molecule has 2 aromatic heterocycles. The summed E-state index contributed by atoms with van der Waals surface area (Å²) >= 11 is 1.62. The first kappa shape index (κ1) is 8.47. The molecule has 4 heteroatoms. The molecule has 0 saturated carbocycles. The van der Waals surface area contributed by atoms with Crippen molar-refractivity contribution in [3.8, 4) is 0 Å². The molecule has 2 aromatic rings. The highest BCUT2D eigenvalue weighted by atomic mass is 32.1. The standard InChI is InChI=1S/C9H11N3S/c10-4-9-2-1-3-12(9)5-8-6-13-7-11-8/h1-3,6-7H,4-5,10H2. The molecule has 0 amide bonds. The molecule has 0 saturated heterocycles. The molecule has 0 aliphatic carbocycles. The van der Waals surface area contributed by atoms with Gasteiger partial charge in [0.15, 0.2) is 0 Å². The minimum Gasteiger partial charge on any atom is -0.344 e. The van der Waals surface area contributed by atoms with Crippen molar-refractivity contribution in [3.05, 3.63) is 40.6 Å². The minimum absolute atomic E-state index is 0.580. The van der Waals surface area contributed by atoms with Crippen molar-refractivity contribution in [2.45, 2.75) is 13.1 Å². The molecule has 0 radical (unpaired) electrons. The quantitative estimate of drug-likeness (QED) is 0.801. The second-order valence-electron chi connectivity index (χ2n) is 2.81. The Morgan fingerprint density at radius 3 is 3.15 bits per heavy atom. The zero-order valence-electron chi connectivity index (χ0n) is 7.18. The molecule has 3 nitrogen and oxygen atoms in total. The summed E-state index contributed by atoms with van der Waals surface area (Å²) in [6, 6.07) is 4.04. The van der Waals surface area contributed by atoms with Crippen LogP contribution in [-0.4, -0.2) is 9.55 Å². The van der Waals surface area contributed by atoms with Crippen LogP contribution < -0.4 is 5.73 Å². The number of aromatic nitrogens is 2. The number of nitrogens with two attached hydrogens (primary N) is 1. The first-order valence-corrected chi connectivity index (χ1v) is 5.05. The van der Waals surface area contributed by atoms with Crippen molar-refractivity contribution in [2.75, 3.05) is 0 Å². The first-order valence-electron chi connectivity index (χ1n) is 4.11. The van der Waals surface area contributed by atoms with E-state index < -0.39 is 0 Å². The zero-order chi connectivity index (χ0) is 9.10. The minimum atomic E-state index is 0.580. The van der Waals surface area contributed by atoms with E-state index in [1.165, 1.54) is 0 Å². The fourth-order valence-corrected chi connectivity index (χ4v) is 1.83. The van der Waals surface area contributed by atoms with Gasteiger partial charge in [-0.15, -0.1) is 11.3 Å². The largest absolute Gasteiger partial charge is 0.344 e. The molecule has 0 unspecified atom stereocenters. The summed E-state index contributed by atoms with van der Waals surface area (Å²) in [7, 11) is 0. The van der Waals surface area contributed by atoms with E-state index in [0.29, 0.717) is 6.54 Å². The van der Waals surface area contributed by atoms with E-state index in [1.807, 2.05) is 23.8 Å². The number of thiazole rings is 1. The lowest BCUT2D eigenvalue weighted by Gasteiger charge is -2.04. The molecule has 68 valence electrons. The monoisotopic (exact) mass is 193 g/mol. The van der Waals surface area contributed by atoms with E-state index in [9.17, 15) is 0 Å². The summed E-state index contributed by atoms with van der Waals surface area (Å²) in [5, 5.41) is 2.06. The van der Waals surface area contributed by atoms with Crippen LogP contribution >= 0.6 is 11.3 Å². The van der Waals surface area contributed by atoms with Crippen LogP contribution in [-0.2, 0) is 13.1 Å². The van der Waals surface area contributed by atoms with Gasteiger partial charge in [-0.2, -0.15) is 0 Å². The molecule has 0 aliphatic rings. The second-order valence-corrected chi connectivity index (χ2v) is 3.53. The Labute approximate surface area is 80.8 Å². The van der Waals surface area contributed by atoms with E-state index in [1.54, 1.807) is 11.3 Å². The summed E-state index contributed by atoms with van der Waals surface area (Å²) < 4.78 is 2.12. The third kappa shape index (κ3) is 1.79. The predicted molar refractivity (Wildman–Crippen MR) is 53.5 cm³/mol. The van der Waals surface area contributed by atoms with Crippen LogP contribution in [0.25, 0.3) is 0 Å². The van der Waals surface area contributed by atoms with Crippen LogP contribution in [0.5, 0.6) is 0 Å². The maximum absolute atomic E-state index is 5.59. The Bertz CT molecular complexity index is 364. The molecular weight excluding hydrogens is 182 g/mol. The maximum Gasteiger partial charge on any atom is 0.0795 e. The van der Waals surface area contributed by atoms with Gasteiger partial charge in [-0.1, -0.05) is 0 Å². The highest BCUT2D eigenvalue weighted by Crippen LogP contribution is 2.07.